The molecular weight excluding hydrogens is 395 g/mol. The molecule has 2 aliphatic rings. The van der Waals surface area contributed by atoms with Crippen molar-refractivity contribution in [2.24, 2.45) is 17.8 Å². The summed E-state index contributed by atoms with van der Waals surface area (Å²) in [7, 11) is 0. The highest BCUT2D eigenvalue weighted by Crippen LogP contribution is 2.42. The van der Waals surface area contributed by atoms with Crippen molar-refractivity contribution in [3.05, 3.63) is 58.4 Å². The van der Waals surface area contributed by atoms with E-state index in [0.29, 0.717) is 37.0 Å². The molecule has 4 rings (SSSR count). The first kappa shape index (κ1) is 16.7. The highest BCUT2D eigenvalue weighted by atomic mass is 19.2. The number of hydrogen-bond acceptors (Lipinski definition) is 0. The van der Waals surface area contributed by atoms with E-state index in [1.165, 1.54) is 0 Å². The molecule has 30 heavy (non-hydrogen) atoms. The van der Waals surface area contributed by atoms with Crippen molar-refractivity contribution in [2.45, 2.75) is 64.6 Å². The van der Waals surface area contributed by atoms with Crippen molar-refractivity contribution >= 4 is 0 Å². The monoisotopic (exact) mass is 426 g/mol. The average Bonchev–Trinajstić information content (AvgIpc) is 2.73. The van der Waals surface area contributed by atoms with Crippen LogP contribution in [0.2, 0.25) is 0 Å². The van der Waals surface area contributed by atoms with E-state index in [2.05, 4.69) is 0 Å². The van der Waals surface area contributed by atoms with Crippen molar-refractivity contribution in [2.75, 3.05) is 0 Å². The van der Waals surface area contributed by atoms with Crippen LogP contribution in [0.1, 0.15) is 68.4 Å². The number of fused-ring (bicyclic) bond motifs is 1. The van der Waals surface area contributed by atoms with Gasteiger partial charge in [-0.15, -0.1) is 0 Å². The lowest BCUT2D eigenvalue weighted by atomic mass is 9.69. The normalized spacial score (nSPS) is 29.3. The molecular formula is C25H27F5. The largest absolute Gasteiger partial charge is 0.206 e. The summed E-state index contributed by atoms with van der Waals surface area (Å²) in [6, 6.07) is 2.26. The molecule has 2 aliphatic carbocycles. The summed E-state index contributed by atoms with van der Waals surface area (Å²) >= 11 is 0. The fourth-order valence-electron chi connectivity index (χ4n) is 4.80. The van der Waals surface area contributed by atoms with E-state index in [0.717, 1.165) is 6.07 Å². The fourth-order valence-corrected chi connectivity index (χ4v) is 4.80. The first-order valence-corrected chi connectivity index (χ1v) is 10.5. The summed E-state index contributed by atoms with van der Waals surface area (Å²) in [5, 5.41) is 0. The zero-order chi connectivity index (χ0) is 25.0. The van der Waals surface area contributed by atoms with Crippen LogP contribution in [-0.4, -0.2) is 0 Å². The number of benzene rings is 2. The topological polar surface area (TPSA) is 0 Å². The summed E-state index contributed by atoms with van der Waals surface area (Å²) in [6.07, 6.45) is -0.826. The summed E-state index contributed by atoms with van der Waals surface area (Å²) in [4.78, 5) is 0. The first-order chi connectivity index (χ1) is 15.9. The van der Waals surface area contributed by atoms with E-state index in [1.54, 1.807) is 0 Å². The van der Waals surface area contributed by atoms with Crippen molar-refractivity contribution in [1.29, 1.82) is 0 Å². The highest BCUT2D eigenvalue weighted by Gasteiger charge is 2.32. The quantitative estimate of drug-likeness (QED) is 0.346. The first-order valence-electron chi connectivity index (χ1n) is 12.5. The molecule has 0 amide bonds. The average molecular weight is 427 g/mol. The maximum Gasteiger partial charge on any atom is 0.194 e. The lowest BCUT2D eigenvalue weighted by Gasteiger charge is -2.36. The van der Waals surface area contributed by atoms with Gasteiger partial charge in [-0.2, -0.15) is 0 Å². The maximum atomic E-state index is 15.3. The van der Waals surface area contributed by atoms with Gasteiger partial charge in [0.25, 0.3) is 0 Å². The zero-order valence-electron chi connectivity index (χ0n) is 20.8. The third-order valence-electron chi connectivity index (χ3n) is 6.43. The Kier molecular flexibility index (Phi) is 4.84. The van der Waals surface area contributed by atoms with Crippen molar-refractivity contribution in [3.63, 3.8) is 0 Å². The van der Waals surface area contributed by atoms with Gasteiger partial charge >= 0.3 is 0 Å². The summed E-state index contributed by atoms with van der Waals surface area (Å²) in [6.45, 7) is 1.91. The van der Waals surface area contributed by atoms with Gasteiger partial charge in [0, 0.05) is 5.48 Å². The van der Waals surface area contributed by atoms with Crippen LogP contribution in [0.15, 0.2) is 18.2 Å². The number of rotatable bonds is 4. The number of hydrogen-bond donors (Lipinski definition) is 0. The van der Waals surface area contributed by atoms with Crippen molar-refractivity contribution in [1.82, 2.24) is 0 Å². The van der Waals surface area contributed by atoms with Gasteiger partial charge in [-0.25, -0.2) is 22.0 Å². The lowest BCUT2D eigenvalue weighted by molar-refractivity contribution is 0.183. The minimum atomic E-state index is -1.71. The van der Waals surface area contributed by atoms with Crippen LogP contribution in [0.4, 0.5) is 22.0 Å². The van der Waals surface area contributed by atoms with Gasteiger partial charge < -0.3 is 0 Å². The SMILES string of the molecule is [2H]C1([2H])CC(C2CCc3c(cc(F)c(-c4cc(F)c(F)c(F)c4)c3F)C2)CC([2H])([2H])C1CCC. The van der Waals surface area contributed by atoms with E-state index in [1.807, 2.05) is 6.92 Å². The molecule has 0 aliphatic heterocycles. The molecule has 0 nitrogen and oxygen atoms in total. The molecule has 0 spiro atoms. The fraction of sp³-hybridized carbons (Fsp3) is 0.520. The molecule has 1 unspecified atom stereocenters. The van der Waals surface area contributed by atoms with Gasteiger partial charge in [0.2, 0.25) is 0 Å². The maximum absolute atomic E-state index is 15.3. The van der Waals surface area contributed by atoms with Crippen LogP contribution >= 0.6 is 0 Å². The summed E-state index contributed by atoms with van der Waals surface area (Å²) in [5.74, 6) is -7.81. The second-order valence-electron chi connectivity index (χ2n) is 8.36. The molecule has 0 bridgehead atoms. The van der Waals surface area contributed by atoms with E-state index in [-0.39, 0.29) is 43.1 Å². The van der Waals surface area contributed by atoms with Gasteiger partial charge in [0.1, 0.15) is 11.6 Å². The molecule has 0 aromatic heterocycles. The number of halogens is 5. The van der Waals surface area contributed by atoms with Gasteiger partial charge in [0.05, 0.1) is 5.56 Å². The van der Waals surface area contributed by atoms with E-state index >= 15 is 4.39 Å². The smallest absolute Gasteiger partial charge is 0.194 e. The van der Waals surface area contributed by atoms with E-state index in [9.17, 15) is 17.6 Å². The molecule has 0 heterocycles. The predicted octanol–water partition coefficient (Wildman–Crippen LogP) is 7.76. The van der Waals surface area contributed by atoms with Crippen LogP contribution in [-0.2, 0) is 12.8 Å². The Morgan fingerprint density at radius 2 is 1.53 bits per heavy atom. The summed E-state index contributed by atoms with van der Waals surface area (Å²) < 4.78 is 105. The lowest BCUT2D eigenvalue weighted by Crippen LogP contribution is -2.27. The Hall–Kier alpha value is -1.91. The Morgan fingerprint density at radius 1 is 0.867 bits per heavy atom. The molecule has 1 fully saturated rings. The Labute approximate surface area is 180 Å². The van der Waals surface area contributed by atoms with Crippen LogP contribution in [0.5, 0.6) is 0 Å². The molecule has 5 heteroatoms. The molecule has 1 atom stereocenters. The second kappa shape index (κ2) is 8.68. The third-order valence-corrected chi connectivity index (χ3v) is 6.43. The molecule has 2 aromatic rings. The predicted molar refractivity (Wildman–Crippen MR) is 108 cm³/mol. The highest BCUT2D eigenvalue weighted by molar-refractivity contribution is 5.67. The van der Waals surface area contributed by atoms with Gasteiger partial charge in [-0.3, -0.25) is 0 Å². The van der Waals surface area contributed by atoms with Crippen LogP contribution < -0.4 is 0 Å². The zero-order valence-corrected chi connectivity index (χ0v) is 16.8. The molecule has 2 aromatic carbocycles. The standard InChI is InChI=1S/C25H27F5/c1-2-3-14-4-6-15(7-5-14)16-8-9-19-17(10-16)11-20(26)23(24(19)29)18-12-21(27)25(30)22(28)13-18/h11-16H,2-10H2,1H3/i4D2,5D2. The third kappa shape index (κ3) is 4.00. The van der Waals surface area contributed by atoms with E-state index in [4.69, 9.17) is 5.48 Å². The van der Waals surface area contributed by atoms with Crippen molar-refractivity contribution in [3.8, 4) is 11.1 Å². The molecule has 0 radical (unpaired) electrons. The summed E-state index contributed by atoms with van der Waals surface area (Å²) in [5.41, 5.74) is -0.409. The second-order valence-corrected chi connectivity index (χ2v) is 8.36. The Bertz CT molecular complexity index is 1060. The van der Waals surface area contributed by atoms with Crippen molar-refractivity contribution < 1.29 is 27.4 Å². The van der Waals surface area contributed by atoms with E-state index < -0.39 is 58.9 Å². The molecule has 0 N–H and O–H groups in total. The van der Waals surface area contributed by atoms with Gasteiger partial charge in [-0.05, 0) is 84.7 Å². The minimum absolute atomic E-state index is 0.134. The Morgan fingerprint density at radius 3 is 2.17 bits per heavy atom. The molecule has 1 saturated carbocycles. The van der Waals surface area contributed by atoms with Crippen LogP contribution in [0.25, 0.3) is 11.1 Å². The minimum Gasteiger partial charge on any atom is -0.206 e. The molecule has 162 valence electrons. The Balaban J connectivity index is 1.63. The van der Waals surface area contributed by atoms with Gasteiger partial charge in [0.15, 0.2) is 17.5 Å². The molecule has 0 saturated heterocycles. The van der Waals surface area contributed by atoms with Crippen LogP contribution in [0.3, 0.4) is 0 Å². The van der Waals surface area contributed by atoms with Gasteiger partial charge in [-0.1, -0.05) is 32.5 Å². The van der Waals surface area contributed by atoms with Crippen LogP contribution in [0, 0.1) is 46.8 Å².